The molecule has 0 aliphatic carbocycles. The average molecular weight is 337 g/mol. The van der Waals surface area contributed by atoms with Gasteiger partial charge in [-0.05, 0) is 54.1 Å². The summed E-state index contributed by atoms with van der Waals surface area (Å²) in [6.07, 6.45) is 0. The zero-order chi connectivity index (χ0) is 16.5. The lowest BCUT2D eigenvalue weighted by Crippen LogP contribution is -1.76. The molecular formula is C23H15NS. The van der Waals surface area contributed by atoms with Gasteiger partial charge in [-0.1, -0.05) is 35.9 Å². The highest BCUT2D eigenvalue weighted by molar-refractivity contribution is 7.26. The zero-order valence-electron chi connectivity index (χ0n) is 13.8. The summed E-state index contributed by atoms with van der Waals surface area (Å²) in [6.45, 7) is 2.15. The highest BCUT2D eigenvalue weighted by Gasteiger charge is 2.11. The van der Waals surface area contributed by atoms with Gasteiger partial charge in [0.1, 0.15) is 0 Å². The van der Waals surface area contributed by atoms with E-state index in [1.807, 2.05) is 11.3 Å². The topological polar surface area (TPSA) is 15.8 Å². The fraction of sp³-hybridized carbons (Fsp3) is 0.0435. The Hall–Kier alpha value is -2.84. The number of H-pyrrole nitrogens is 1. The van der Waals surface area contributed by atoms with Crippen molar-refractivity contribution in [3.05, 3.63) is 72.3 Å². The van der Waals surface area contributed by atoms with E-state index in [0.717, 1.165) is 0 Å². The van der Waals surface area contributed by atoms with Gasteiger partial charge in [-0.2, -0.15) is 0 Å². The van der Waals surface area contributed by atoms with Crippen molar-refractivity contribution >= 4 is 64.1 Å². The van der Waals surface area contributed by atoms with Gasteiger partial charge < -0.3 is 4.98 Å². The molecule has 2 heterocycles. The molecule has 118 valence electrons. The minimum atomic E-state index is 1.21. The van der Waals surface area contributed by atoms with E-state index in [2.05, 4.69) is 78.6 Å². The van der Waals surface area contributed by atoms with Gasteiger partial charge in [0, 0.05) is 42.0 Å². The van der Waals surface area contributed by atoms with Gasteiger partial charge >= 0.3 is 0 Å². The number of aryl methyl sites for hydroxylation is 1. The monoisotopic (exact) mass is 337 g/mol. The van der Waals surface area contributed by atoms with Crippen LogP contribution in [0.5, 0.6) is 0 Å². The Morgan fingerprint density at radius 1 is 0.680 bits per heavy atom. The van der Waals surface area contributed by atoms with Crippen LogP contribution in [0.4, 0.5) is 0 Å². The summed E-state index contributed by atoms with van der Waals surface area (Å²) in [4.78, 5) is 3.61. The predicted octanol–water partition coefficient (Wildman–Crippen LogP) is 7.15. The van der Waals surface area contributed by atoms with Gasteiger partial charge in [0.05, 0.1) is 0 Å². The van der Waals surface area contributed by atoms with Crippen LogP contribution in [0, 0.1) is 6.92 Å². The summed E-state index contributed by atoms with van der Waals surface area (Å²) in [7, 11) is 0. The first-order valence-corrected chi connectivity index (χ1v) is 9.36. The number of aromatic amines is 1. The van der Waals surface area contributed by atoms with Crippen molar-refractivity contribution in [2.45, 2.75) is 6.92 Å². The molecule has 2 heteroatoms. The molecule has 6 aromatic rings. The fourth-order valence-electron chi connectivity index (χ4n) is 4.06. The number of aromatic nitrogens is 1. The van der Waals surface area contributed by atoms with Gasteiger partial charge in [0.15, 0.2) is 0 Å². The lowest BCUT2D eigenvalue weighted by molar-refractivity contribution is 1.49. The molecule has 0 aliphatic rings. The van der Waals surface area contributed by atoms with Crippen LogP contribution in [0.15, 0.2) is 66.7 Å². The van der Waals surface area contributed by atoms with Gasteiger partial charge in [-0.3, -0.25) is 0 Å². The molecule has 0 saturated heterocycles. The quantitative estimate of drug-likeness (QED) is 0.303. The minimum Gasteiger partial charge on any atom is -0.354 e. The molecule has 0 bridgehead atoms. The van der Waals surface area contributed by atoms with E-state index in [0.29, 0.717) is 0 Å². The molecule has 0 atom stereocenters. The molecule has 1 N–H and O–H groups in total. The number of hydrogen-bond acceptors (Lipinski definition) is 1. The van der Waals surface area contributed by atoms with Crippen LogP contribution < -0.4 is 0 Å². The summed E-state index contributed by atoms with van der Waals surface area (Å²) in [5, 5.41) is 8.02. The van der Waals surface area contributed by atoms with Crippen molar-refractivity contribution in [3.63, 3.8) is 0 Å². The normalized spacial score (nSPS) is 12.2. The number of thiophene rings is 1. The Labute approximate surface area is 148 Å². The maximum absolute atomic E-state index is 3.61. The molecule has 6 rings (SSSR count). The highest BCUT2D eigenvalue weighted by atomic mass is 32.1. The third-order valence-electron chi connectivity index (χ3n) is 5.23. The van der Waals surface area contributed by atoms with Crippen molar-refractivity contribution in [1.82, 2.24) is 4.98 Å². The van der Waals surface area contributed by atoms with Crippen molar-refractivity contribution in [1.29, 1.82) is 0 Å². The van der Waals surface area contributed by atoms with Crippen molar-refractivity contribution in [2.75, 3.05) is 0 Å². The summed E-state index contributed by atoms with van der Waals surface area (Å²) < 4.78 is 2.72. The average Bonchev–Trinajstić information content (AvgIpc) is 3.17. The van der Waals surface area contributed by atoms with E-state index in [-0.39, 0.29) is 0 Å². The van der Waals surface area contributed by atoms with Crippen LogP contribution in [0.25, 0.3) is 52.8 Å². The molecule has 0 radical (unpaired) electrons. The number of benzene rings is 4. The molecule has 0 spiro atoms. The second-order valence-electron chi connectivity index (χ2n) is 6.83. The second kappa shape index (κ2) is 4.62. The highest BCUT2D eigenvalue weighted by Crippen LogP contribution is 2.40. The standard InChI is InChI=1S/C23H15NS/c1-13-6-8-19-17(10-13)18-11-14-7-9-22-23(16(14)12-20(18)24-19)15-4-2-3-5-21(15)25-22/h2-12,24H,1H3. The van der Waals surface area contributed by atoms with E-state index in [9.17, 15) is 0 Å². The van der Waals surface area contributed by atoms with Crippen LogP contribution in [0.3, 0.4) is 0 Å². The Balaban J connectivity index is 1.85. The van der Waals surface area contributed by atoms with Gasteiger partial charge in [0.2, 0.25) is 0 Å². The van der Waals surface area contributed by atoms with Gasteiger partial charge in [-0.25, -0.2) is 0 Å². The molecule has 25 heavy (non-hydrogen) atoms. The van der Waals surface area contributed by atoms with Gasteiger partial charge in [0.25, 0.3) is 0 Å². The van der Waals surface area contributed by atoms with E-state index in [1.54, 1.807) is 0 Å². The SMILES string of the molecule is Cc1ccc2[nH]c3cc4c(ccc5sc6ccccc6c54)cc3c2c1. The zero-order valence-corrected chi connectivity index (χ0v) is 14.6. The van der Waals surface area contributed by atoms with E-state index in [1.165, 1.54) is 58.3 Å². The first kappa shape index (κ1) is 13.5. The molecule has 0 saturated carbocycles. The largest absolute Gasteiger partial charge is 0.354 e. The van der Waals surface area contributed by atoms with Crippen LogP contribution in [0.1, 0.15) is 5.56 Å². The van der Waals surface area contributed by atoms with Crippen molar-refractivity contribution in [2.24, 2.45) is 0 Å². The Morgan fingerprint density at radius 3 is 2.52 bits per heavy atom. The molecule has 2 aromatic heterocycles. The van der Waals surface area contributed by atoms with E-state index >= 15 is 0 Å². The van der Waals surface area contributed by atoms with Crippen molar-refractivity contribution < 1.29 is 0 Å². The minimum absolute atomic E-state index is 1.21. The molecular weight excluding hydrogens is 322 g/mol. The third-order valence-corrected chi connectivity index (χ3v) is 6.37. The van der Waals surface area contributed by atoms with Crippen LogP contribution >= 0.6 is 11.3 Å². The maximum Gasteiger partial charge on any atom is 0.0471 e. The number of nitrogens with one attached hydrogen (secondary N) is 1. The Morgan fingerprint density at radius 2 is 1.56 bits per heavy atom. The van der Waals surface area contributed by atoms with Crippen LogP contribution in [-0.2, 0) is 0 Å². The maximum atomic E-state index is 3.61. The molecule has 0 fully saturated rings. The first-order valence-electron chi connectivity index (χ1n) is 8.54. The van der Waals surface area contributed by atoms with E-state index < -0.39 is 0 Å². The lowest BCUT2D eigenvalue weighted by atomic mass is 10.0. The molecule has 4 aromatic carbocycles. The fourth-order valence-corrected chi connectivity index (χ4v) is 5.18. The first-order chi connectivity index (χ1) is 12.3. The molecule has 1 nitrogen and oxygen atoms in total. The van der Waals surface area contributed by atoms with Gasteiger partial charge in [-0.15, -0.1) is 11.3 Å². The molecule has 0 amide bonds. The number of fused-ring (bicyclic) bond motifs is 8. The van der Waals surface area contributed by atoms with E-state index in [4.69, 9.17) is 0 Å². The summed E-state index contributed by atoms with van der Waals surface area (Å²) >= 11 is 1.88. The van der Waals surface area contributed by atoms with Crippen LogP contribution in [0.2, 0.25) is 0 Å². The third kappa shape index (κ3) is 1.77. The predicted molar refractivity (Wildman–Crippen MR) is 111 cm³/mol. The molecule has 0 aliphatic heterocycles. The Bertz CT molecular complexity index is 1450. The van der Waals surface area contributed by atoms with Crippen molar-refractivity contribution in [3.8, 4) is 0 Å². The summed E-state index contributed by atoms with van der Waals surface area (Å²) in [6, 6.07) is 24.6. The number of rotatable bonds is 0. The molecule has 0 unspecified atom stereocenters. The second-order valence-corrected chi connectivity index (χ2v) is 7.91. The van der Waals surface area contributed by atoms with Crippen LogP contribution in [-0.4, -0.2) is 4.98 Å². The number of hydrogen-bond donors (Lipinski definition) is 1. The summed E-state index contributed by atoms with van der Waals surface area (Å²) in [5.41, 5.74) is 3.73. The summed E-state index contributed by atoms with van der Waals surface area (Å²) in [5.74, 6) is 0. The lowest BCUT2D eigenvalue weighted by Gasteiger charge is -2.02. The Kier molecular flexibility index (Phi) is 2.48. The smallest absolute Gasteiger partial charge is 0.0471 e.